The summed E-state index contributed by atoms with van der Waals surface area (Å²) >= 11 is 0. The summed E-state index contributed by atoms with van der Waals surface area (Å²) in [6, 6.07) is 0. The van der Waals surface area contributed by atoms with E-state index < -0.39 is 7.82 Å². The van der Waals surface area contributed by atoms with Crippen molar-refractivity contribution in [3.05, 3.63) is 0 Å². The molecule has 41 heavy (non-hydrogen) atoms. The number of phosphoric acid groups is 1. The number of hydrogen-bond donors (Lipinski definition) is 0. The van der Waals surface area contributed by atoms with E-state index in [4.69, 9.17) is 13.6 Å². The van der Waals surface area contributed by atoms with E-state index in [0.29, 0.717) is 19.8 Å². The Hall–Kier alpha value is 0.110. The summed E-state index contributed by atoms with van der Waals surface area (Å²) in [5.41, 5.74) is 0. The highest BCUT2D eigenvalue weighted by Gasteiger charge is 2.26. The largest absolute Gasteiger partial charge is 0.474 e. The van der Waals surface area contributed by atoms with Crippen LogP contribution in [0, 0.1) is 17.8 Å². The van der Waals surface area contributed by atoms with Crippen LogP contribution in [0.25, 0.3) is 0 Å². The maximum atomic E-state index is 13.3. The Labute approximate surface area is 258 Å². The van der Waals surface area contributed by atoms with Gasteiger partial charge in [-0.3, -0.25) is 13.6 Å². The van der Waals surface area contributed by atoms with Crippen molar-refractivity contribution in [1.82, 2.24) is 0 Å². The molecule has 0 unspecified atom stereocenters. The van der Waals surface area contributed by atoms with Crippen LogP contribution in [-0.4, -0.2) is 19.8 Å². The fourth-order valence-electron chi connectivity index (χ4n) is 5.26. The first-order chi connectivity index (χ1) is 19.7. The van der Waals surface area contributed by atoms with Gasteiger partial charge < -0.3 is 0 Å². The Morgan fingerprint density at radius 1 is 0.341 bits per heavy atom. The minimum atomic E-state index is -3.46. The second-order valence-electron chi connectivity index (χ2n) is 13.9. The summed E-state index contributed by atoms with van der Waals surface area (Å²) in [5, 5.41) is 0. The van der Waals surface area contributed by atoms with Crippen molar-refractivity contribution >= 4 is 7.82 Å². The molecule has 0 atom stereocenters. The monoisotopic (exact) mass is 603 g/mol. The average molecular weight is 603 g/mol. The molecule has 0 aliphatic carbocycles. The van der Waals surface area contributed by atoms with Crippen LogP contribution >= 0.6 is 7.82 Å². The third-order valence-electron chi connectivity index (χ3n) is 8.03. The summed E-state index contributed by atoms with van der Waals surface area (Å²) in [7, 11) is -3.46. The van der Waals surface area contributed by atoms with Gasteiger partial charge in [-0.25, -0.2) is 4.57 Å². The SMILES string of the molecule is CC(C)CCCCCCCCCOP(=O)(OCCCCCCCCCC(C)C)OCCCCCCCCCC(C)C. The van der Waals surface area contributed by atoms with Crippen molar-refractivity contribution in [2.75, 3.05) is 19.8 Å². The molecule has 0 aromatic carbocycles. The lowest BCUT2D eigenvalue weighted by atomic mass is 10.0. The van der Waals surface area contributed by atoms with Crippen LogP contribution < -0.4 is 0 Å². The molecule has 248 valence electrons. The molecule has 0 aliphatic heterocycles. The molecule has 0 aromatic heterocycles. The normalized spacial score (nSPS) is 12.4. The van der Waals surface area contributed by atoms with Gasteiger partial charge in [-0.05, 0) is 37.0 Å². The summed E-state index contributed by atoms with van der Waals surface area (Å²) in [6.07, 6.45) is 29.8. The van der Waals surface area contributed by atoms with E-state index in [1.54, 1.807) is 0 Å². The number of hydrogen-bond acceptors (Lipinski definition) is 4. The van der Waals surface area contributed by atoms with Crippen LogP contribution in [0.15, 0.2) is 0 Å². The fourth-order valence-corrected chi connectivity index (χ4v) is 6.54. The van der Waals surface area contributed by atoms with E-state index in [1.165, 1.54) is 116 Å². The van der Waals surface area contributed by atoms with Crippen LogP contribution in [0.4, 0.5) is 0 Å². The Morgan fingerprint density at radius 2 is 0.537 bits per heavy atom. The molecule has 0 heterocycles. The standard InChI is InChI=1S/C36H75O4P/c1-34(2)28-22-16-10-7-13-19-25-31-38-41(37,39-32-26-20-14-8-11-17-23-29-35(3)4)40-33-27-21-15-9-12-18-24-30-36(5)6/h34-36H,7-33H2,1-6H3. The molecular formula is C36H75O4P. The van der Waals surface area contributed by atoms with E-state index in [0.717, 1.165) is 56.3 Å². The molecule has 5 heteroatoms. The molecule has 0 aliphatic rings. The topological polar surface area (TPSA) is 44.8 Å². The highest BCUT2D eigenvalue weighted by Crippen LogP contribution is 2.50. The fraction of sp³-hybridized carbons (Fsp3) is 1.00. The minimum Gasteiger partial charge on any atom is -0.287 e. The van der Waals surface area contributed by atoms with Crippen molar-refractivity contribution in [1.29, 1.82) is 0 Å². The zero-order chi connectivity index (χ0) is 30.4. The van der Waals surface area contributed by atoms with Gasteiger partial charge in [0.25, 0.3) is 0 Å². The van der Waals surface area contributed by atoms with Gasteiger partial charge in [0.2, 0.25) is 0 Å². The maximum Gasteiger partial charge on any atom is 0.474 e. The van der Waals surface area contributed by atoms with Gasteiger partial charge in [-0.2, -0.15) is 0 Å². The Bertz CT molecular complexity index is 488. The summed E-state index contributed by atoms with van der Waals surface area (Å²) in [4.78, 5) is 0. The predicted molar refractivity (Wildman–Crippen MR) is 181 cm³/mol. The van der Waals surface area contributed by atoms with Crippen LogP contribution in [-0.2, 0) is 18.1 Å². The van der Waals surface area contributed by atoms with Gasteiger partial charge in [0.05, 0.1) is 19.8 Å². The third-order valence-corrected chi connectivity index (χ3v) is 9.52. The molecule has 0 spiro atoms. The van der Waals surface area contributed by atoms with Crippen LogP contribution in [0.3, 0.4) is 0 Å². The molecule has 0 N–H and O–H groups in total. The molecule has 0 rings (SSSR count). The van der Waals surface area contributed by atoms with Crippen LogP contribution in [0.5, 0.6) is 0 Å². The molecule has 0 saturated carbocycles. The summed E-state index contributed by atoms with van der Waals surface area (Å²) < 4.78 is 30.7. The second kappa shape index (κ2) is 30.1. The number of rotatable bonds is 33. The Morgan fingerprint density at radius 3 is 0.756 bits per heavy atom. The zero-order valence-electron chi connectivity index (χ0n) is 28.9. The van der Waals surface area contributed by atoms with E-state index in [2.05, 4.69) is 41.5 Å². The molecule has 0 aromatic rings. The predicted octanol–water partition coefficient (Wildman–Crippen LogP) is 13.5. The smallest absolute Gasteiger partial charge is 0.287 e. The lowest BCUT2D eigenvalue weighted by Crippen LogP contribution is -2.04. The van der Waals surface area contributed by atoms with Gasteiger partial charge in [0.15, 0.2) is 0 Å². The molecule has 0 fully saturated rings. The second-order valence-corrected chi connectivity index (χ2v) is 15.6. The number of unbranched alkanes of at least 4 members (excludes halogenated alkanes) is 18. The first kappa shape index (κ1) is 41.1. The van der Waals surface area contributed by atoms with Gasteiger partial charge >= 0.3 is 7.82 Å². The highest BCUT2D eigenvalue weighted by atomic mass is 31.2. The Balaban J connectivity index is 4.12. The summed E-state index contributed by atoms with van der Waals surface area (Å²) in [6.45, 7) is 15.2. The minimum absolute atomic E-state index is 0.470. The first-order valence-electron chi connectivity index (χ1n) is 18.3. The van der Waals surface area contributed by atoms with E-state index in [1.807, 2.05) is 0 Å². The zero-order valence-corrected chi connectivity index (χ0v) is 29.8. The maximum absolute atomic E-state index is 13.3. The van der Waals surface area contributed by atoms with Gasteiger partial charge in [0.1, 0.15) is 0 Å². The van der Waals surface area contributed by atoms with E-state index >= 15 is 0 Å². The van der Waals surface area contributed by atoms with Crippen LogP contribution in [0.1, 0.15) is 196 Å². The van der Waals surface area contributed by atoms with Crippen molar-refractivity contribution in [2.45, 2.75) is 196 Å². The van der Waals surface area contributed by atoms with Gasteiger partial charge in [-0.15, -0.1) is 0 Å². The van der Waals surface area contributed by atoms with E-state index in [-0.39, 0.29) is 0 Å². The molecule has 4 nitrogen and oxygen atoms in total. The van der Waals surface area contributed by atoms with Crippen LogP contribution in [0.2, 0.25) is 0 Å². The first-order valence-corrected chi connectivity index (χ1v) is 19.7. The number of phosphoric ester groups is 1. The van der Waals surface area contributed by atoms with Crippen molar-refractivity contribution < 1.29 is 18.1 Å². The van der Waals surface area contributed by atoms with Gasteiger partial charge in [0, 0.05) is 0 Å². The summed E-state index contributed by atoms with van der Waals surface area (Å²) in [5.74, 6) is 2.46. The molecule has 0 bridgehead atoms. The third kappa shape index (κ3) is 32.9. The van der Waals surface area contributed by atoms with Crippen molar-refractivity contribution in [3.63, 3.8) is 0 Å². The van der Waals surface area contributed by atoms with Crippen molar-refractivity contribution in [2.24, 2.45) is 17.8 Å². The molecular weight excluding hydrogens is 527 g/mol. The lowest BCUT2D eigenvalue weighted by Gasteiger charge is -2.18. The average Bonchev–Trinajstić information content (AvgIpc) is 2.91. The van der Waals surface area contributed by atoms with E-state index in [9.17, 15) is 4.57 Å². The lowest BCUT2D eigenvalue weighted by molar-refractivity contribution is 0.108. The molecule has 0 radical (unpaired) electrons. The quantitative estimate of drug-likeness (QED) is 0.0553. The van der Waals surface area contributed by atoms with Crippen molar-refractivity contribution in [3.8, 4) is 0 Å². The molecule has 0 amide bonds. The van der Waals surface area contributed by atoms with Gasteiger partial charge in [-0.1, -0.05) is 176 Å². The molecule has 0 saturated heterocycles. The highest BCUT2D eigenvalue weighted by molar-refractivity contribution is 7.48. The Kier molecular flexibility index (Phi) is 30.2.